The van der Waals surface area contributed by atoms with Crippen LogP contribution in [-0.2, 0) is 26.8 Å². The highest BCUT2D eigenvalue weighted by atomic mass is 16.3. The molecule has 0 bridgehead atoms. The largest absolute Gasteiger partial charge is 0.507 e. The molecule has 5 heteroatoms. The number of phenolic OH excluding ortho intramolecular Hbond substituents is 1. The molecule has 0 saturated heterocycles. The second kappa shape index (κ2) is 12.6. The molecule has 2 N–H and O–H groups in total. The third-order valence-electron chi connectivity index (χ3n) is 9.15. The first-order valence-electron chi connectivity index (χ1n) is 15.9. The molecule has 4 rings (SSSR count). The number of rotatable bonds is 7. The number of nitrogens with zero attached hydrogens (tertiary/aromatic N) is 1. The zero-order valence-electron chi connectivity index (χ0n) is 26.3. The molecule has 2 aliphatic rings. The van der Waals surface area contributed by atoms with Crippen molar-refractivity contribution in [2.45, 2.75) is 141 Å². The number of benzene rings is 2. The molecular weight excluding hydrogens is 508 g/mol. The Morgan fingerprint density at radius 2 is 1.39 bits per heavy atom. The number of aryl methyl sites for hydroxylation is 1. The summed E-state index contributed by atoms with van der Waals surface area (Å²) in [5.74, 6) is 0.363. The predicted octanol–water partition coefficient (Wildman–Crippen LogP) is 8.10. The predicted molar refractivity (Wildman–Crippen MR) is 169 cm³/mol. The van der Waals surface area contributed by atoms with Gasteiger partial charge in [0.1, 0.15) is 11.3 Å². The molecule has 0 radical (unpaired) electrons. The first-order valence-corrected chi connectivity index (χ1v) is 15.9. The van der Waals surface area contributed by atoms with Crippen LogP contribution in [0.3, 0.4) is 0 Å². The summed E-state index contributed by atoms with van der Waals surface area (Å²) in [6.07, 6.45) is 10.8. The van der Waals surface area contributed by atoms with Crippen LogP contribution >= 0.6 is 0 Å². The topological polar surface area (TPSA) is 69.6 Å². The summed E-state index contributed by atoms with van der Waals surface area (Å²) in [4.78, 5) is 30.4. The Morgan fingerprint density at radius 3 is 1.93 bits per heavy atom. The van der Waals surface area contributed by atoms with Gasteiger partial charge in [-0.3, -0.25) is 14.5 Å². The van der Waals surface area contributed by atoms with Crippen LogP contribution in [0.15, 0.2) is 42.5 Å². The minimum Gasteiger partial charge on any atom is -0.507 e. The second-order valence-electron chi connectivity index (χ2n) is 14.5. The lowest BCUT2D eigenvalue weighted by atomic mass is 9.77. The first-order chi connectivity index (χ1) is 19.3. The summed E-state index contributed by atoms with van der Waals surface area (Å²) < 4.78 is 0. The van der Waals surface area contributed by atoms with Crippen LogP contribution in [0, 0.1) is 0 Å². The van der Waals surface area contributed by atoms with Crippen LogP contribution in [-0.4, -0.2) is 28.5 Å². The van der Waals surface area contributed by atoms with Crippen LogP contribution in [0.25, 0.3) is 0 Å². The Morgan fingerprint density at radius 1 is 0.854 bits per heavy atom. The highest BCUT2D eigenvalue weighted by molar-refractivity contribution is 6.03. The van der Waals surface area contributed by atoms with Gasteiger partial charge in [-0.1, -0.05) is 110 Å². The Hall–Kier alpha value is -2.82. The normalized spacial score (nSPS) is 18.1. The summed E-state index contributed by atoms with van der Waals surface area (Å²) in [5.41, 5.74) is 2.33. The van der Waals surface area contributed by atoms with Crippen LogP contribution < -0.4 is 10.2 Å². The van der Waals surface area contributed by atoms with Crippen LogP contribution in [0.5, 0.6) is 5.75 Å². The molecule has 0 spiro atoms. The van der Waals surface area contributed by atoms with Gasteiger partial charge in [-0.05, 0) is 71.8 Å². The monoisotopic (exact) mass is 560 g/mol. The lowest BCUT2D eigenvalue weighted by molar-refractivity contribution is -0.132. The average molecular weight is 561 g/mol. The minimum atomic E-state index is -0.865. The summed E-state index contributed by atoms with van der Waals surface area (Å²) in [5, 5.41) is 14.6. The van der Waals surface area contributed by atoms with Gasteiger partial charge < -0.3 is 10.4 Å². The number of hydrogen-bond acceptors (Lipinski definition) is 3. The molecule has 2 amide bonds. The molecule has 0 atom stereocenters. The van der Waals surface area contributed by atoms with Gasteiger partial charge in [-0.2, -0.15) is 0 Å². The van der Waals surface area contributed by atoms with Gasteiger partial charge in [-0.15, -0.1) is 0 Å². The van der Waals surface area contributed by atoms with Crippen molar-refractivity contribution < 1.29 is 14.7 Å². The lowest BCUT2D eigenvalue weighted by Gasteiger charge is -2.46. The van der Waals surface area contributed by atoms with E-state index in [4.69, 9.17) is 0 Å². The van der Waals surface area contributed by atoms with Gasteiger partial charge in [-0.25, -0.2) is 0 Å². The number of carbonyl (C=O) groups excluding carboxylic acids is 2. The van der Waals surface area contributed by atoms with Gasteiger partial charge in [0, 0.05) is 18.2 Å². The summed E-state index contributed by atoms with van der Waals surface area (Å²) in [6, 6.07) is 14.1. The number of nitrogens with one attached hydrogen (secondary N) is 1. The molecule has 0 heterocycles. The van der Waals surface area contributed by atoms with Crippen molar-refractivity contribution in [1.29, 1.82) is 0 Å². The molecule has 2 fully saturated rings. The SMILES string of the molecule is CC(C)(C)c1cc(CCC(=O)N(c2ccccc2)C2(C(=O)NC3CCCCC3)CCCCC2)cc(C(C)(C)C)c1O. The zero-order chi connectivity index (χ0) is 29.8. The number of hydrogen-bond donors (Lipinski definition) is 2. The first kappa shape index (κ1) is 31.1. The number of amides is 2. The molecular formula is C36H52N2O3. The number of para-hydroxylation sites is 1. The fourth-order valence-corrected chi connectivity index (χ4v) is 6.81. The van der Waals surface area contributed by atoms with Gasteiger partial charge >= 0.3 is 0 Å². The molecule has 0 aromatic heterocycles. The zero-order valence-corrected chi connectivity index (χ0v) is 26.3. The second-order valence-corrected chi connectivity index (χ2v) is 14.5. The van der Waals surface area contributed by atoms with E-state index in [2.05, 4.69) is 59.0 Å². The van der Waals surface area contributed by atoms with Gasteiger partial charge in [0.25, 0.3) is 0 Å². The van der Waals surface area contributed by atoms with Crippen molar-refractivity contribution >= 4 is 17.5 Å². The molecule has 5 nitrogen and oxygen atoms in total. The van der Waals surface area contributed by atoms with Crippen molar-refractivity contribution in [2.24, 2.45) is 0 Å². The standard InChI is InChI=1S/C36H52N2O3/c1-34(2,3)29-24-26(25-30(32(29)40)35(4,5)6)20-21-31(39)38(28-18-12-8-13-19-28)36(22-14-9-15-23-36)33(41)37-27-16-10-7-11-17-27/h8,12-13,18-19,24-25,27,40H,7,9-11,14-17,20-23H2,1-6H3,(H,37,41). The molecule has 41 heavy (non-hydrogen) atoms. The van der Waals surface area contributed by atoms with Crippen molar-refractivity contribution in [1.82, 2.24) is 5.32 Å². The maximum atomic E-state index is 14.3. The van der Waals surface area contributed by atoms with Crippen LogP contribution in [0.4, 0.5) is 5.69 Å². The third-order valence-corrected chi connectivity index (χ3v) is 9.15. The fourth-order valence-electron chi connectivity index (χ4n) is 6.81. The van der Waals surface area contributed by atoms with E-state index >= 15 is 0 Å². The van der Waals surface area contributed by atoms with Crippen molar-refractivity contribution in [2.75, 3.05) is 4.90 Å². The van der Waals surface area contributed by atoms with E-state index in [1.54, 1.807) is 0 Å². The van der Waals surface area contributed by atoms with E-state index in [-0.39, 0.29) is 28.7 Å². The highest BCUT2D eigenvalue weighted by Gasteiger charge is 2.48. The summed E-state index contributed by atoms with van der Waals surface area (Å²) >= 11 is 0. The summed E-state index contributed by atoms with van der Waals surface area (Å²) in [6.45, 7) is 12.7. The maximum Gasteiger partial charge on any atom is 0.246 e. The fraction of sp³-hybridized carbons (Fsp3) is 0.611. The van der Waals surface area contributed by atoms with E-state index in [9.17, 15) is 14.7 Å². The molecule has 0 aliphatic heterocycles. The van der Waals surface area contributed by atoms with Crippen molar-refractivity contribution in [3.63, 3.8) is 0 Å². The number of carbonyl (C=O) groups is 2. The Bertz CT molecular complexity index is 1160. The smallest absolute Gasteiger partial charge is 0.246 e. The minimum absolute atomic E-state index is 0.0143. The van der Waals surface area contributed by atoms with Crippen molar-refractivity contribution in [3.8, 4) is 5.75 Å². The molecule has 2 aliphatic carbocycles. The third kappa shape index (κ3) is 7.16. The molecule has 0 unspecified atom stereocenters. The Kier molecular flexibility index (Phi) is 9.56. The van der Waals surface area contributed by atoms with Crippen LogP contribution in [0.1, 0.15) is 129 Å². The molecule has 2 aromatic carbocycles. The van der Waals surface area contributed by atoms with E-state index in [1.807, 2.05) is 35.2 Å². The molecule has 224 valence electrons. The number of anilines is 1. The van der Waals surface area contributed by atoms with E-state index in [0.29, 0.717) is 31.4 Å². The summed E-state index contributed by atoms with van der Waals surface area (Å²) in [7, 11) is 0. The van der Waals surface area contributed by atoms with Crippen molar-refractivity contribution in [3.05, 3.63) is 59.2 Å². The highest BCUT2D eigenvalue weighted by Crippen LogP contribution is 2.41. The van der Waals surface area contributed by atoms with E-state index in [0.717, 1.165) is 67.3 Å². The number of phenols is 1. The van der Waals surface area contributed by atoms with Gasteiger partial charge in [0.2, 0.25) is 11.8 Å². The number of aromatic hydroxyl groups is 1. The molecule has 2 aromatic rings. The Labute approximate surface area is 248 Å². The average Bonchev–Trinajstić information content (AvgIpc) is 2.93. The quantitative estimate of drug-likeness (QED) is 0.359. The molecule has 2 saturated carbocycles. The van der Waals surface area contributed by atoms with Crippen LogP contribution in [0.2, 0.25) is 0 Å². The lowest BCUT2D eigenvalue weighted by Crippen LogP contribution is -2.63. The maximum absolute atomic E-state index is 14.3. The Balaban J connectivity index is 1.67. The van der Waals surface area contributed by atoms with E-state index in [1.165, 1.54) is 6.42 Å². The van der Waals surface area contributed by atoms with Gasteiger partial charge in [0.15, 0.2) is 0 Å². The van der Waals surface area contributed by atoms with Gasteiger partial charge in [0.05, 0.1) is 0 Å². The van der Waals surface area contributed by atoms with E-state index < -0.39 is 5.54 Å².